The molecular weight excluding hydrogens is 795 g/mol. The molecule has 15 N–H and O–H groups in total. The second-order valence-electron chi connectivity index (χ2n) is 2.57. The Labute approximate surface area is 449 Å². The molecule has 0 spiro atoms. The predicted octanol–water partition coefficient (Wildman–Crippen LogP) is -5.89. The van der Waals surface area contributed by atoms with Gasteiger partial charge in [-0.2, -0.15) is 0 Å². The van der Waals surface area contributed by atoms with Crippen molar-refractivity contribution in [3.05, 3.63) is 0 Å². The second-order valence-corrected chi connectivity index (χ2v) is 7.70. The minimum absolute atomic E-state index is 0. The third-order valence-corrected chi connectivity index (χ3v) is 0. The van der Waals surface area contributed by atoms with E-state index in [-0.39, 0.29) is 325 Å². The van der Waals surface area contributed by atoms with Gasteiger partial charge in [0, 0.05) is 0 Å². The van der Waals surface area contributed by atoms with Crippen LogP contribution in [0.25, 0.3) is 0 Å². The van der Waals surface area contributed by atoms with Gasteiger partial charge in [-0.05, 0) is 0 Å². The molecule has 0 unspecified atom stereocenters. The molecule has 0 aliphatic heterocycles. The Morgan fingerprint density at radius 2 is 0.242 bits per heavy atom. The third-order valence-electron chi connectivity index (χ3n) is 0. The van der Waals surface area contributed by atoms with Gasteiger partial charge in [-0.3, -0.25) is 0 Å². The van der Waals surface area contributed by atoms with Gasteiger partial charge in [0.15, 0.2) is 0 Å². The van der Waals surface area contributed by atoms with Crippen molar-refractivity contribution in [2.75, 3.05) is 0 Å². The maximum Gasteiger partial charge on any atom is 2.00 e. The van der Waals surface area contributed by atoms with Gasteiger partial charge in [0.1, 0.15) is 0 Å². The first-order chi connectivity index (χ1) is 10.0. The van der Waals surface area contributed by atoms with Gasteiger partial charge in [0.25, 0.3) is 0 Å². The first kappa shape index (κ1) is 84.5. The molecule has 0 aliphatic carbocycles. The van der Waals surface area contributed by atoms with Crippen molar-refractivity contribution in [1.82, 2.24) is 0 Å². The summed E-state index contributed by atoms with van der Waals surface area (Å²) in [6.45, 7) is 0. The van der Waals surface area contributed by atoms with Crippen molar-refractivity contribution in [2.24, 2.45) is 0 Å². The summed E-state index contributed by atoms with van der Waals surface area (Å²) in [5.41, 5.74) is 0. The molecular formula is H31Ca8O20P5. The van der Waals surface area contributed by atoms with E-state index in [4.69, 9.17) is 96.2 Å². The summed E-state index contributed by atoms with van der Waals surface area (Å²) < 4.78 is 44.4. The van der Waals surface area contributed by atoms with Crippen LogP contribution in [0, 0.1) is 0 Å². The summed E-state index contributed by atoms with van der Waals surface area (Å²) in [7, 11) is -23.2. The molecule has 0 aromatic carbocycles. The number of rotatable bonds is 0. The van der Waals surface area contributed by atoms with Gasteiger partial charge < -0.3 is 96.2 Å². The normalized spacial score (nSPS) is 8.94. The molecule has 0 aromatic heterocycles. The van der Waals surface area contributed by atoms with E-state index in [1.54, 1.807) is 0 Å². The molecule has 0 fully saturated rings. The van der Waals surface area contributed by atoms with Crippen LogP contribution >= 0.6 is 39.1 Å². The summed E-state index contributed by atoms with van der Waals surface area (Å²) in [5.74, 6) is 0. The molecule has 0 rings (SSSR count). The molecule has 0 atom stereocenters. The molecule has 33 heavy (non-hydrogen) atoms. The fourth-order valence-electron chi connectivity index (χ4n) is 0. The molecule has 0 aromatic rings. The Hall–Kier alpha value is 10.6. The standard InChI is InChI=1S/8Ca.5H3O4P.16H/c;;;;;;;;5*1-5(2,3)4;;;;;;;;;;;;;;;;/h;;;;;;;;5*(H3,1,2,3,4);;;;;;;;;;;;;;;;/q8*+2;;;;;;16*-1. The second kappa shape index (κ2) is 44.8. The molecule has 0 radical (unpaired) electrons. The zero-order chi connectivity index (χ0) is 22.5. The van der Waals surface area contributed by atoms with Gasteiger partial charge in [0.05, 0.1) is 0 Å². The van der Waals surface area contributed by atoms with Crippen molar-refractivity contribution < 1.29 is 119 Å². The van der Waals surface area contributed by atoms with E-state index in [1.165, 1.54) is 0 Å². The van der Waals surface area contributed by atoms with Crippen LogP contribution < -0.4 is 0 Å². The van der Waals surface area contributed by atoms with E-state index >= 15 is 0 Å². The quantitative estimate of drug-likeness (QED) is 0.0798. The van der Waals surface area contributed by atoms with Gasteiger partial charge in [-0.25, -0.2) is 22.8 Å². The molecule has 0 saturated heterocycles. The van der Waals surface area contributed by atoms with Crippen LogP contribution in [0.15, 0.2) is 0 Å². The van der Waals surface area contributed by atoms with E-state index in [0.29, 0.717) is 0 Å². The van der Waals surface area contributed by atoms with Gasteiger partial charge in [-0.15, -0.1) is 0 Å². The van der Waals surface area contributed by atoms with Gasteiger partial charge in [0.2, 0.25) is 0 Å². The predicted molar refractivity (Wildman–Crippen MR) is 135 cm³/mol. The summed E-state index contributed by atoms with van der Waals surface area (Å²) in [6, 6.07) is 0. The summed E-state index contributed by atoms with van der Waals surface area (Å²) >= 11 is 0. The van der Waals surface area contributed by atoms with E-state index < -0.39 is 39.1 Å². The average Bonchev–Trinajstić information content (AvgIpc) is 1.79. The summed E-state index contributed by atoms with van der Waals surface area (Å²) in [4.78, 5) is 108. The van der Waals surface area contributed by atoms with E-state index in [0.717, 1.165) is 0 Å². The zero-order valence-electron chi connectivity index (χ0n) is 32.6. The molecule has 0 amide bonds. The largest absolute Gasteiger partial charge is 2.00 e. The Kier molecular flexibility index (Phi) is 115. The number of phosphoric acid groups is 5. The Balaban J connectivity index is -0.00000000337. The van der Waals surface area contributed by atoms with Crippen LogP contribution in [0.5, 0.6) is 0 Å². The number of hydrogen-bond donors (Lipinski definition) is 15. The van der Waals surface area contributed by atoms with Crippen LogP contribution in [0.2, 0.25) is 0 Å². The van der Waals surface area contributed by atoms with E-state index in [1.807, 2.05) is 0 Å². The van der Waals surface area contributed by atoms with Crippen molar-refractivity contribution in [3.63, 3.8) is 0 Å². The molecule has 20 nitrogen and oxygen atoms in total. The fraction of sp³-hybridized carbons (Fsp3) is 0. The third kappa shape index (κ3) is 623. The Morgan fingerprint density at radius 1 is 0.242 bits per heavy atom. The maximum atomic E-state index is 8.88. The summed E-state index contributed by atoms with van der Waals surface area (Å²) in [5, 5.41) is 0. The fourth-order valence-corrected chi connectivity index (χ4v) is 0. The van der Waals surface area contributed by atoms with Crippen LogP contribution in [-0.2, 0) is 22.8 Å². The molecule has 192 valence electrons. The van der Waals surface area contributed by atoms with Gasteiger partial charge in [-0.1, -0.05) is 0 Å². The molecule has 0 heterocycles. The van der Waals surface area contributed by atoms with Crippen LogP contribution in [0.1, 0.15) is 22.8 Å². The molecule has 33 heteroatoms. The smallest absolute Gasteiger partial charge is 1.00 e. The van der Waals surface area contributed by atoms with Crippen LogP contribution in [0.3, 0.4) is 0 Å². The number of hydrogen-bond acceptors (Lipinski definition) is 5. The van der Waals surface area contributed by atoms with E-state index in [9.17, 15) is 0 Å². The molecule has 0 saturated carbocycles. The maximum absolute atomic E-state index is 8.88. The topological polar surface area (TPSA) is 389 Å². The van der Waals surface area contributed by atoms with Crippen LogP contribution in [-0.4, -0.2) is 375 Å². The summed E-state index contributed by atoms with van der Waals surface area (Å²) in [6.07, 6.45) is 0. The SMILES string of the molecule is O=P(O)(O)O.O=P(O)(O)O.O=P(O)(O)O.O=P(O)(O)O.O=P(O)(O)O.[Ca+2].[Ca+2].[Ca+2].[Ca+2].[Ca+2].[Ca+2].[Ca+2].[Ca+2].[H-].[H-].[H-].[H-].[H-].[H-].[H-].[H-].[H-].[H-].[H-].[H-].[H-].[H-].[H-].[H-]. The van der Waals surface area contributed by atoms with Crippen LogP contribution in [0.4, 0.5) is 0 Å². The van der Waals surface area contributed by atoms with Crippen molar-refractivity contribution in [2.45, 2.75) is 0 Å². The average molecular weight is 827 g/mol. The Morgan fingerprint density at radius 3 is 0.242 bits per heavy atom. The molecule has 0 aliphatic rings. The zero-order valence-corrected chi connectivity index (χ0v) is 38.8. The first-order valence-electron chi connectivity index (χ1n) is 3.91. The van der Waals surface area contributed by atoms with E-state index in [2.05, 4.69) is 0 Å². The molecule has 0 bridgehead atoms. The first-order valence-corrected chi connectivity index (χ1v) is 11.7. The van der Waals surface area contributed by atoms with Crippen molar-refractivity contribution in [1.29, 1.82) is 0 Å². The minimum atomic E-state index is -4.64. The Bertz CT molecular complexity index is 436. The van der Waals surface area contributed by atoms with Crippen molar-refractivity contribution in [3.8, 4) is 0 Å². The monoisotopic (exact) mass is 826 g/mol. The van der Waals surface area contributed by atoms with Gasteiger partial charge >= 0.3 is 341 Å². The van der Waals surface area contributed by atoms with Crippen molar-refractivity contribution >= 4 is 341 Å². The minimum Gasteiger partial charge on any atom is -1.00 e.